The molecule has 0 aliphatic rings. The van der Waals surface area contributed by atoms with E-state index in [0.717, 1.165) is 19.5 Å². The van der Waals surface area contributed by atoms with E-state index in [1.54, 1.807) is 4.90 Å². The third-order valence-electron chi connectivity index (χ3n) is 3.85. The van der Waals surface area contributed by atoms with E-state index in [1.807, 2.05) is 6.07 Å². The molecule has 2 aromatic rings. The number of benzene rings is 2. The molecule has 0 unspecified atom stereocenters. The number of aliphatic hydroxyl groups is 3. The van der Waals surface area contributed by atoms with E-state index in [-0.39, 0.29) is 19.8 Å². The molecule has 0 amide bonds. The molecule has 0 saturated carbocycles. The summed E-state index contributed by atoms with van der Waals surface area (Å²) in [4.78, 5) is 1.79. The van der Waals surface area contributed by atoms with Gasteiger partial charge >= 0.3 is 0 Å². The van der Waals surface area contributed by atoms with E-state index >= 15 is 0 Å². The maximum Gasteiger partial charge on any atom is 0.0558 e. The predicted molar refractivity (Wildman–Crippen MR) is 106 cm³/mol. The second kappa shape index (κ2) is 15.5. The van der Waals surface area contributed by atoms with Gasteiger partial charge in [-0.25, -0.2) is 0 Å². The molecule has 2 rings (SSSR count). The van der Waals surface area contributed by atoms with Gasteiger partial charge in [0.1, 0.15) is 0 Å². The lowest BCUT2D eigenvalue weighted by Gasteiger charge is -2.17. The average molecular weight is 360 g/mol. The summed E-state index contributed by atoms with van der Waals surface area (Å²) in [7, 11) is 0. The number of aliphatic hydroxyl groups excluding tert-OH is 3. The monoisotopic (exact) mass is 360 g/mol. The summed E-state index contributed by atoms with van der Waals surface area (Å²) in [5.41, 5.74) is 2.73. The molecule has 0 heterocycles. The van der Waals surface area contributed by atoms with Gasteiger partial charge in [-0.2, -0.15) is 0 Å². The van der Waals surface area contributed by atoms with Crippen LogP contribution in [-0.2, 0) is 13.0 Å². The highest BCUT2D eigenvalue weighted by molar-refractivity contribution is 5.16. The van der Waals surface area contributed by atoms with Crippen LogP contribution in [0, 0.1) is 0 Å². The first kappa shape index (κ1) is 22.3. The maximum absolute atomic E-state index is 8.48. The number of nitrogens with zero attached hydrogens (tertiary/aromatic N) is 1. The van der Waals surface area contributed by atoms with E-state index in [0.29, 0.717) is 19.6 Å². The first-order chi connectivity index (χ1) is 12.8. The molecule has 0 aromatic heterocycles. The van der Waals surface area contributed by atoms with Gasteiger partial charge in [0.15, 0.2) is 0 Å². The van der Waals surface area contributed by atoms with Gasteiger partial charge in [-0.1, -0.05) is 60.7 Å². The Morgan fingerprint density at radius 1 is 0.654 bits per heavy atom. The van der Waals surface area contributed by atoms with Gasteiger partial charge in [-0.05, 0) is 24.1 Å². The van der Waals surface area contributed by atoms with Gasteiger partial charge in [-0.3, -0.25) is 4.90 Å². The summed E-state index contributed by atoms with van der Waals surface area (Å²) < 4.78 is 0. The van der Waals surface area contributed by atoms with Crippen molar-refractivity contribution in [3.05, 3.63) is 71.8 Å². The predicted octanol–water partition coefficient (Wildman–Crippen LogP) is 1.28. The van der Waals surface area contributed by atoms with Crippen molar-refractivity contribution < 1.29 is 15.3 Å². The highest BCUT2D eigenvalue weighted by Gasteiger charge is 2.00. The van der Waals surface area contributed by atoms with Crippen molar-refractivity contribution in [2.45, 2.75) is 13.0 Å². The normalized spacial score (nSPS) is 10.5. The van der Waals surface area contributed by atoms with Gasteiger partial charge < -0.3 is 20.6 Å². The van der Waals surface area contributed by atoms with Gasteiger partial charge in [0.2, 0.25) is 0 Å². The van der Waals surface area contributed by atoms with Crippen molar-refractivity contribution in [1.82, 2.24) is 10.2 Å². The fourth-order valence-electron chi connectivity index (χ4n) is 2.47. The van der Waals surface area contributed by atoms with Crippen LogP contribution in [0.2, 0.25) is 0 Å². The number of nitrogens with one attached hydrogen (secondary N) is 1. The Morgan fingerprint density at radius 2 is 1.12 bits per heavy atom. The van der Waals surface area contributed by atoms with E-state index in [2.05, 4.69) is 59.9 Å². The molecule has 4 N–H and O–H groups in total. The molecule has 0 saturated heterocycles. The third kappa shape index (κ3) is 11.0. The topological polar surface area (TPSA) is 76.0 Å². The van der Waals surface area contributed by atoms with Crippen molar-refractivity contribution >= 4 is 0 Å². The molecule has 0 radical (unpaired) electrons. The molecule has 0 spiro atoms. The lowest BCUT2D eigenvalue weighted by atomic mass is 10.1. The molecule has 26 heavy (non-hydrogen) atoms. The van der Waals surface area contributed by atoms with E-state index < -0.39 is 0 Å². The molecule has 144 valence electrons. The first-order valence-corrected chi connectivity index (χ1v) is 9.13. The largest absolute Gasteiger partial charge is 0.395 e. The van der Waals surface area contributed by atoms with Gasteiger partial charge in [0, 0.05) is 26.2 Å². The van der Waals surface area contributed by atoms with Gasteiger partial charge in [0.05, 0.1) is 19.8 Å². The summed E-state index contributed by atoms with van der Waals surface area (Å²) in [6.07, 6.45) is 1.09. The second-order valence-electron chi connectivity index (χ2n) is 5.91. The summed E-state index contributed by atoms with van der Waals surface area (Å²) in [5, 5.41) is 28.9. The van der Waals surface area contributed by atoms with Gasteiger partial charge in [-0.15, -0.1) is 0 Å². The highest BCUT2D eigenvalue weighted by atomic mass is 16.3. The lowest BCUT2D eigenvalue weighted by Crippen LogP contribution is -2.32. The molecule has 2 aromatic carbocycles. The molecule has 5 heteroatoms. The maximum atomic E-state index is 8.48. The minimum Gasteiger partial charge on any atom is -0.395 e. The summed E-state index contributed by atoms with van der Waals surface area (Å²) in [5.74, 6) is 0. The van der Waals surface area contributed by atoms with Crippen LogP contribution in [0.4, 0.5) is 0 Å². The Balaban J connectivity index is 0.000000294. The molecular formula is C21H32N2O3. The zero-order chi connectivity index (χ0) is 18.9. The standard InChI is InChI=1S/C15H17N.C6H15NO3/c1-3-7-14(8-4-1)11-12-16-13-15-9-5-2-6-10-15;8-4-1-7(2-5-9)3-6-10/h1-10,16H,11-13H2;8-10H,1-6H2. The van der Waals surface area contributed by atoms with Crippen LogP contribution in [0.1, 0.15) is 11.1 Å². The van der Waals surface area contributed by atoms with Crippen LogP contribution in [0.5, 0.6) is 0 Å². The minimum absolute atomic E-state index is 0.0694. The van der Waals surface area contributed by atoms with Crippen LogP contribution in [0.3, 0.4) is 0 Å². The second-order valence-corrected chi connectivity index (χ2v) is 5.91. The zero-order valence-corrected chi connectivity index (χ0v) is 15.4. The van der Waals surface area contributed by atoms with Crippen LogP contribution in [0.15, 0.2) is 60.7 Å². The third-order valence-corrected chi connectivity index (χ3v) is 3.85. The molecule has 0 aliphatic heterocycles. The van der Waals surface area contributed by atoms with E-state index in [1.165, 1.54) is 11.1 Å². The Kier molecular flexibility index (Phi) is 13.3. The Hall–Kier alpha value is -1.76. The summed E-state index contributed by atoms with van der Waals surface area (Å²) >= 11 is 0. The quantitative estimate of drug-likeness (QED) is 0.454. The molecule has 0 bridgehead atoms. The first-order valence-electron chi connectivity index (χ1n) is 9.13. The van der Waals surface area contributed by atoms with Crippen molar-refractivity contribution in [2.75, 3.05) is 46.0 Å². The molecule has 0 aliphatic carbocycles. The van der Waals surface area contributed by atoms with Crippen molar-refractivity contribution in [2.24, 2.45) is 0 Å². The van der Waals surface area contributed by atoms with Crippen LogP contribution < -0.4 is 5.32 Å². The van der Waals surface area contributed by atoms with E-state index in [4.69, 9.17) is 15.3 Å². The fraction of sp³-hybridized carbons (Fsp3) is 0.429. The SMILES string of the molecule is OCCN(CCO)CCO.c1ccc(CCNCc2ccccc2)cc1. The van der Waals surface area contributed by atoms with Gasteiger partial charge in [0.25, 0.3) is 0 Å². The van der Waals surface area contributed by atoms with Crippen molar-refractivity contribution in [3.63, 3.8) is 0 Å². The zero-order valence-electron chi connectivity index (χ0n) is 15.4. The average Bonchev–Trinajstić information content (AvgIpc) is 2.68. The van der Waals surface area contributed by atoms with Crippen molar-refractivity contribution in [3.8, 4) is 0 Å². The van der Waals surface area contributed by atoms with Crippen LogP contribution in [0.25, 0.3) is 0 Å². The Labute approximate surface area is 156 Å². The number of hydrogen-bond donors (Lipinski definition) is 4. The highest BCUT2D eigenvalue weighted by Crippen LogP contribution is 2.00. The minimum atomic E-state index is 0.0694. The molecule has 0 fully saturated rings. The van der Waals surface area contributed by atoms with Crippen LogP contribution in [-0.4, -0.2) is 66.2 Å². The fourth-order valence-corrected chi connectivity index (χ4v) is 2.47. The van der Waals surface area contributed by atoms with E-state index in [9.17, 15) is 0 Å². The Bertz CT molecular complexity index is 482. The summed E-state index contributed by atoms with van der Waals surface area (Å²) in [6, 6.07) is 21.1. The molecule has 0 atom stereocenters. The number of rotatable bonds is 11. The Morgan fingerprint density at radius 3 is 1.58 bits per heavy atom. The van der Waals surface area contributed by atoms with Crippen LogP contribution >= 0.6 is 0 Å². The lowest BCUT2D eigenvalue weighted by molar-refractivity contribution is 0.136. The smallest absolute Gasteiger partial charge is 0.0558 e. The number of hydrogen-bond acceptors (Lipinski definition) is 5. The van der Waals surface area contributed by atoms with Crippen molar-refractivity contribution in [1.29, 1.82) is 0 Å². The summed E-state index contributed by atoms with van der Waals surface area (Å²) in [6.45, 7) is 3.73. The molecule has 5 nitrogen and oxygen atoms in total. The molecular weight excluding hydrogens is 328 g/mol.